The van der Waals surface area contributed by atoms with E-state index in [1.165, 1.54) is 27.4 Å². The summed E-state index contributed by atoms with van der Waals surface area (Å²) in [7, 11) is 0. The van der Waals surface area contributed by atoms with Crippen LogP contribution in [-0.4, -0.2) is 4.98 Å². The van der Waals surface area contributed by atoms with Gasteiger partial charge >= 0.3 is 0 Å². The highest BCUT2D eigenvalue weighted by atomic mass is 14.7. The molecule has 2 nitrogen and oxygen atoms in total. The molecule has 0 radical (unpaired) electrons. The number of unbranched alkanes of at least 4 members (excludes halogenated alkanes) is 1. The summed E-state index contributed by atoms with van der Waals surface area (Å²) >= 11 is 0. The lowest BCUT2D eigenvalue weighted by Gasteiger charge is -2.01. The number of nitrogens with one attached hydrogen (secondary N) is 1. The molecule has 0 saturated heterocycles. The Balaban J connectivity index is 2.13. The SMILES string of the molecule is N#CCCCc1cccc2c1[nH]c1ccccc12. The number of nitriles is 1. The number of H-pyrrole nitrogens is 1. The summed E-state index contributed by atoms with van der Waals surface area (Å²) < 4.78 is 0. The van der Waals surface area contributed by atoms with Crippen LogP contribution in [-0.2, 0) is 6.42 Å². The van der Waals surface area contributed by atoms with Gasteiger partial charge in [-0.2, -0.15) is 5.26 Å². The Morgan fingerprint density at radius 2 is 1.83 bits per heavy atom. The van der Waals surface area contributed by atoms with E-state index in [0.717, 1.165) is 12.8 Å². The molecule has 0 aliphatic rings. The molecule has 18 heavy (non-hydrogen) atoms. The first-order valence-corrected chi connectivity index (χ1v) is 6.25. The molecule has 0 aliphatic heterocycles. The molecule has 1 N–H and O–H groups in total. The Morgan fingerprint density at radius 3 is 2.72 bits per heavy atom. The zero-order chi connectivity index (χ0) is 12.4. The molecule has 1 heterocycles. The van der Waals surface area contributed by atoms with E-state index >= 15 is 0 Å². The predicted octanol–water partition coefficient (Wildman–Crippen LogP) is 4.17. The Hall–Kier alpha value is -2.27. The van der Waals surface area contributed by atoms with Gasteiger partial charge < -0.3 is 4.98 Å². The molecule has 0 unspecified atom stereocenters. The maximum Gasteiger partial charge on any atom is 0.0621 e. The van der Waals surface area contributed by atoms with Crippen LogP contribution in [0.15, 0.2) is 42.5 Å². The molecule has 0 saturated carbocycles. The van der Waals surface area contributed by atoms with E-state index in [0.29, 0.717) is 6.42 Å². The summed E-state index contributed by atoms with van der Waals surface area (Å²) in [5.74, 6) is 0. The number of fused-ring (bicyclic) bond motifs is 3. The minimum atomic E-state index is 0.622. The molecule has 2 aromatic carbocycles. The van der Waals surface area contributed by atoms with Crippen LogP contribution in [0.5, 0.6) is 0 Å². The van der Waals surface area contributed by atoms with E-state index in [1.54, 1.807) is 0 Å². The van der Waals surface area contributed by atoms with Gasteiger partial charge in [0, 0.05) is 28.2 Å². The van der Waals surface area contributed by atoms with E-state index in [2.05, 4.69) is 47.5 Å². The van der Waals surface area contributed by atoms with Crippen LogP contribution >= 0.6 is 0 Å². The van der Waals surface area contributed by atoms with Gasteiger partial charge in [-0.15, -0.1) is 0 Å². The Kier molecular flexibility index (Phi) is 2.74. The fourth-order valence-electron chi connectivity index (χ4n) is 2.50. The summed E-state index contributed by atoms with van der Waals surface area (Å²) in [4.78, 5) is 3.49. The first-order valence-electron chi connectivity index (χ1n) is 6.25. The molecule has 0 spiro atoms. The molecule has 0 aliphatic carbocycles. The Labute approximate surface area is 106 Å². The fourth-order valence-corrected chi connectivity index (χ4v) is 2.50. The van der Waals surface area contributed by atoms with Gasteiger partial charge in [-0.1, -0.05) is 36.4 Å². The third kappa shape index (κ3) is 1.74. The fraction of sp³-hybridized carbons (Fsp3) is 0.188. The van der Waals surface area contributed by atoms with Crippen molar-refractivity contribution >= 4 is 21.8 Å². The highest BCUT2D eigenvalue weighted by Gasteiger charge is 2.06. The zero-order valence-electron chi connectivity index (χ0n) is 10.1. The second-order valence-corrected chi connectivity index (χ2v) is 4.52. The smallest absolute Gasteiger partial charge is 0.0621 e. The normalized spacial score (nSPS) is 10.8. The van der Waals surface area contributed by atoms with E-state index in [9.17, 15) is 0 Å². The number of aryl methyl sites for hydroxylation is 1. The number of rotatable bonds is 3. The Bertz CT molecular complexity index is 732. The van der Waals surface area contributed by atoms with Crippen molar-refractivity contribution < 1.29 is 0 Å². The first kappa shape index (κ1) is 10.9. The van der Waals surface area contributed by atoms with Crippen LogP contribution in [0.1, 0.15) is 18.4 Å². The molecule has 2 heteroatoms. The van der Waals surface area contributed by atoms with Crippen molar-refractivity contribution in [2.45, 2.75) is 19.3 Å². The number of aromatic nitrogens is 1. The molecular formula is C16H14N2. The average molecular weight is 234 g/mol. The number of nitrogens with zero attached hydrogens (tertiary/aromatic N) is 1. The van der Waals surface area contributed by atoms with E-state index in [1.807, 2.05) is 6.07 Å². The molecule has 88 valence electrons. The van der Waals surface area contributed by atoms with Gasteiger partial charge in [-0.25, -0.2) is 0 Å². The minimum Gasteiger partial charge on any atom is -0.354 e. The first-order chi connectivity index (χ1) is 8.90. The lowest BCUT2D eigenvalue weighted by Crippen LogP contribution is -1.86. The van der Waals surface area contributed by atoms with Crippen LogP contribution < -0.4 is 0 Å². The number of benzene rings is 2. The second kappa shape index (κ2) is 4.54. The standard InChI is InChI=1S/C16H14N2/c17-11-4-3-6-12-7-5-9-14-13-8-1-2-10-15(13)18-16(12)14/h1-2,5,7-10,18H,3-4,6H2. The molecule has 1 aromatic heterocycles. The molecule has 0 amide bonds. The van der Waals surface area contributed by atoms with Crippen molar-refractivity contribution in [2.75, 3.05) is 0 Å². The van der Waals surface area contributed by atoms with Gasteiger partial charge in [0.2, 0.25) is 0 Å². The molecule has 0 bridgehead atoms. The highest BCUT2D eigenvalue weighted by Crippen LogP contribution is 2.28. The van der Waals surface area contributed by atoms with Crippen molar-refractivity contribution in [3.8, 4) is 6.07 Å². The van der Waals surface area contributed by atoms with Gasteiger partial charge in [0.1, 0.15) is 0 Å². The summed E-state index contributed by atoms with van der Waals surface area (Å²) in [6.07, 6.45) is 2.50. The van der Waals surface area contributed by atoms with Crippen LogP contribution in [0.4, 0.5) is 0 Å². The lowest BCUT2D eigenvalue weighted by atomic mass is 10.0. The van der Waals surface area contributed by atoms with Gasteiger partial charge in [0.15, 0.2) is 0 Å². The highest BCUT2D eigenvalue weighted by molar-refractivity contribution is 6.08. The van der Waals surface area contributed by atoms with E-state index < -0.39 is 0 Å². The van der Waals surface area contributed by atoms with Crippen molar-refractivity contribution in [1.29, 1.82) is 5.26 Å². The average Bonchev–Trinajstić information content (AvgIpc) is 2.79. The maximum atomic E-state index is 8.61. The maximum absolute atomic E-state index is 8.61. The van der Waals surface area contributed by atoms with Gasteiger partial charge in [0.25, 0.3) is 0 Å². The van der Waals surface area contributed by atoms with Gasteiger partial charge in [-0.05, 0) is 24.5 Å². The van der Waals surface area contributed by atoms with Crippen molar-refractivity contribution in [1.82, 2.24) is 4.98 Å². The molecule has 0 atom stereocenters. The number of hydrogen-bond acceptors (Lipinski definition) is 1. The predicted molar refractivity (Wildman–Crippen MR) is 74.4 cm³/mol. The third-order valence-corrected chi connectivity index (χ3v) is 3.36. The zero-order valence-corrected chi connectivity index (χ0v) is 10.1. The van der Waals surface area contributed by atoms with Gasteiger partial charge in [0.05, 0.1) is 6.07 Å². The topological polar surface area (TPSA) is 39.6 Å². The molecule has 3 rings (SSSR count). The number of hydrogen-bond donors (Lipinski definition) is 1. The van der Waals surface area contributed by atoms with Crippen molar-refractivity contribution in [3.05, 3.63) is 48.0 Å². The number of aromatic amines is 1. The number of para-hydroxylation sites is 2. The van der Waals surface area contributed by atoms with Crippen LogP contribution in [0.25, 0.3) is 21.8 Å². The quantitative estimate of drug-likeness (QED) is 0.679. The lowest BCUT2D eigenvalue weighted by molar-refractivity contribution is 0.854. The summed E-state index contributed by atoms with van der Waals surface area (Å²) in [5.41, 5.74) is 3.70. The monoisotopic (exact) mass is 234 g/mol. The van der Waals surface area contributed by atoms with Crippen LogP contribution in [0.3, 0.4) is 0 Å². The van der Waals surface area contributed by atoms with Crippen molar-refractivity contribution in [2.24, 2.45) is 0 Å². The van der Waals surface area contributed by atoms with E-state index in [-0.39, 0.29) is 0 Å². The molecule has 3 aromatic rings. The van der Waals surface area contributed by atoms with Gasteiger partial charge in [-0.3, -0.25) is 0 Å². The Morgan fingerprint density at radius 1 is 1.00 bits per heavy atom. The largest absolute Gasteiger partial charge is 0.354 e. The third-order valence-electron chi connectivity index (χ3n) is 3.36. The van der Waals surface area contributed by atoms with Crippen LogP contribution in [0.2, 0.25) is 0 Å². The van der Waals surface area contributed by atoms with Crippen molar-refractivity contribution in [3.63, 3.8) is 0 Å². The molecule has 0 fully saturated rings. The molecular weight excluding hydrogens is 220 g/mol. The summed E-state index contributed by atoms with van der Waals surface area (Å²) in [5, 5.41) is 11.2. The minimum absolute atomic E-state index is 0.622. The summed E-state index contributed by atoms with van der Waals surface area (Å²) in [6.45, 7) is 0. The summed E-state index contributed by atoms with van der Waals surface area (Å²) in [6, 6.07) is 17.0. The van der Waals surface area contributed by atoms with Crippen LogP contribution in [0, 0.1) is 11.3 Å². The second-order valence-electron chi connectivity index (χ2n) is 4.52. The van der Waals surface area contributed by atoms with E-state index in [4.69, 9.17) is 5.26 Å².